The number of carbonyl (C=O) groups is 1. The average molecular weight is 447 g/mol. The van der Waals surface area contributed by atoms with Crippen LogP contribution in [0.1, 0.15) is 39.3 Å². The third kappa shape index (κ3) is 4.11. The van der Waals surface area contributed by atoms with Gasteiger partial charge in [-0.05, 0) is 55.7 Å². The summed E-state index contributed by atoms with van der Waals surface area (Å²) >= 11 is 1.05. The molecule has 2 heterocycles. The lowest BCUT2D eigenvalue weighted by molar-refractivity contribution is 0.102. The number of nitrogens with one attached hydrogen (secondary N) is 1. The Morgan fingerprint density at radius 2 is 2.00 bits per heavy atom. The summed E-state index contributed by atoms with van der Waals surface area (Å²) in [6.07, 6.45) is 1.30. The van der Waals surface area contributed by atoms with Gasteiger partial charge in [0.1, 0.15) is 10.8 Å². The van der Waals surface area contributed by atoms with E-state index in [4.69, 9.17) is 0 Å². The predicted molar refractivity (Wildman–Crippen MR) is 111 cm³/mol. The molecule has 2 aromatic carbocycles. The molecule has 0 aliphatic carbocycles. The number of benzene rings is 2. The number of carbonyl (C=O) groups excluding carboxylic acids is 1. The number of anilines is 1. The lowest BCUT2D eigenvalue weighted by Crippen LogP contribution is -2.30. The van der Waals surface area contributed by atoms with Crippen LogP contribution in [-0.2, 0) is 10.0 Å². The molecule has 1 aliphatic rings. The van der Waals surface area contributed by atoms with Gasteiger partial charge in [-0.25, -0.2) is 12.8 Å². The molecule has 1 fully saturated rings. The Morgan fingerprint density at radius 3 is 2.77 bits per heavy atom. The molecule has 0 radical (unpaired) electrons. The molecule has 7 nitrogen and oxygen atoms in total. The normalized spacial score (nSPS) is 17.2. The van der Waals surface area contributed by atoms with E-state index in [-0.39, 0.29) is 9.90 Å². The molecule has 156 valence electrons. The van der Waals surface area contributed by atoms with E-state index < -0.39 is 27.8 Å². The van der Waals surface area contributed by atoms with Gasteiger partial charge in [-0.15, -0.1) is 10.2 Å². The Labute approximate surface area is 177 Å². The third-order valence-electron chi connectivity index (χ3n) is 4.80. The fourth-order valence-corrected chi connectivity index (χ4v) is 6.12. The number of aryl methyl sites for hydroxylation is 1. The van der Waals surface area contributed by atoms with E-state index in [0.29, 0.717) is 30.1 Å². The number of halogens is 1. The fraction of sp³-hybridized carbons (Fsp3) is 0.250. The summed E-state index contributed by atoms with van der Waals surface area (Å²) in [7, 11) is -3.69. The molecule has 0 bridgehead atoms. The van der Waals surface area contributed by atoms with E-state index in [1.165, 1.54) is 22.5 Å². The number of hydrogen-bond donors (Lipinski definition) is 1. The van der Waals surface area contributed by atoms with Crippen LogP contribution < -0.4 is 5.32 Å². The number of aromatic nitrogens is 2. The predicted octanol–water partition coefficient (Wildman–Crippen LogP) is 3.76. The molecule has 0 unspecified atom stereocenters. The molecule has 1 amide bonds. The van der Waals surface area contributed by atoms with Gasteiger partial charge in [0, 0.05) is 12.2 Å². The lowest BCUT2D eigenvalue weighted by atomic mass is 10.2. The Kier molecular flexibility index (Phi) is 5.63. The van der Waals surface area contributed by atoms with Crippen molar-refractivity contribution in [1.82, 2.24) is 14.5 Å². The van der Waals surface area contributed by atoms with Crippen LogP contribution in [0.2, 0.25) is 0 Å². The molecular weight excluding hydrogens is 427 g/mol. The minimum atomic E-state index is -3.69. The molecule has 0 saturated carbocycles. The summed E-state index contributed by atoms with van der Waals surface area (Å²) < 4.78 is 41.0. The van der Waals surface area contributed by atoms with Crippen LogP contribution in [-0.4, -0.2) is 35.4 Å². The Balaban J connectivity index is 1.55. The molecular formula is C20H19FN4O3S2. The second-order valence-electron chi connectivity index (χ2n) is 7.00. The van der Waals surface area contributed by atoms with E-state index >= 15 is 0 Å². The van der Waals surface area contributed by atoms with Crippen molar-refractivity contribution >= 4 is 33.0 Å². The summed E-state index contributed by atoms with van der Waals surface area (Å²) in [5, 5.41) is 11.1. The first-order chi connectivity index (χ1) is 14.3. The highest BCUT2D eigenvalue weighted by molar-refractivity contribution is 7.89. The summed E-state index contributed by atoms with van der Waals surface area (Å²) in [6.45, 7) is 2.22. The Hall–Kier alpha value is -2.69. The molecule has 1 atom stereocenters. The topological polar surface area (TPSA) is 92.3 Å². The standard InChI is InChI=1S/C20H19FN4O3S2/c1-13-5-2-8-16(11-13)30(27,28)25-10-4-9-17(25)19-23-24-20(29-19)18(26)22-15-7-3-6-14(21)12-15/h2-3,5-8,11-12,17H,4,9-10H2,1H3,(H,22,26)/t17-/m0/s1. The van der Waals surface area contributed by atoms with Crippen LogP contribution in [0.4, 0.5) is 10.1 Å². The smallest absolute Gasteiger partial charge is 0.286 e. The van der Waals surface area contributed by atoms with Gasteiger partial charge in [0.2, 0.25) is 15.0 Å². The fourth-order valence-electron chi connectivity index (χ4n) is 3.40. The number of rotatable bonds is 5. The van der Waals surface area contributed by atoms with Crippen LogP contribution in [0.25, 0.3) is 0 Å². The molecule has 1 aliphatic heterocycles. The van der Waals surface area contributed by atoms with Crippen molar-refractivity contribution in [3.8, 4) is 0 Å². The highest BCUT2D eigenvalue weighted by Crippen LogP contribution is 2.37. The van der Waals surface area contributed by atoms with E-state index in [1.807, 2.05) is 13.0 Å². The first-order valence-corrected chi connectivity index (χ1v) is 11.6. The van der Waals surface area contributed by atoms with Crippen LogP contribution in [0.3, 0.4) is 0 Å². The molecule has 4 rings (SSSR count). The number of hydrogen-bond acceptors (Lipinski definition) is 6. The van der Waals surface area contributed by atoms with Crippen LogP contribution in [0, 0.1) is 12.7 Å². The van der Waals surface area contributed by atoms with Crippen LogP contribution in [0.5, 0.6) is 0 Å². The lowest BCUT2D eigenvalue weighted by Gasteiger charge is -2.22. The summed E-state index contributed by atoms with van der Waals surface area (Å²) in [5.41, 5.74) is 1.17. The number of sulfonamides is 1. The van der Waals surface area contributed by atoms with Gasteiger partial charge < -0.3 is 5.32 Å². The maximum absolute atomic E-state index is 13.3. The van der Waals surface area contributed by atoms with Crippen molar-refractivity contribution in [2.75, 3.05) is 11.9 Å². The summed E-state index contributed by atoms with van der Waals surface area (Å²) in [6, 6.07) is 11.8. The van der Waals surface area contributed by atoms with E-state index in [1.54, 1.807) is 24.3 Å². The van der Waals surface area contributed by atoms with Gasteiger partial charge in [0.15, 0.2) is 0 Å². The van der Waals surface area contributed by atoms with Crippen molar-refractivity contribution in [2.45, 2.75) is 30.7 Å². The zero-order valence-electron chi connectivity index (χ0n) is 16.1. The van der Waals surface area contributed by atoms with Crippen molar-refractivity contribution in [2.24, 2.45) is 0 Å². The zero-order valence-corrected chi connectivity index (χ0v) is 17.7. The Bertz CT molecular complexity index is 1200. The Morgan fingerprint density at radius 1 is 1.20 bits per heavy atom. The first-order valence-electron chi connectivity index (χ1n) is 9.33. The average Bonchev–Trinajstić information content (AvgIpc) is 3.38. The second-order valence-corrected chi connectivity index (χ2v) is 9.90. The molecule has 30 heavy (non-hydrogen) atoms. The van der Waals surface area contributed by atoms with Gasteiger partial charge in [0.25, 0.3) is 5.91 Å². The minimum Gasteiger partial charge on any atom is -0.320 e. The van der Waals surface area contributed by atoms with Gasteiger partial charge in [0.05, 0.1) is 10.9 Å². The van der Waals surface area contributed by atoms with Gasteiger partial charge in [-0.1, -0.05) is 29.5 Å². The molecule has 1 saturated heterocycles. The molecule has 1 N–H and O–H groups in total. The molecule has 3 aromatic rings. The maximum Gasteiger partial charge on any atom is 0.286 e. The van der Waals surface area contributed by atoms with Crippen LogP contribution in [0.15, 0.2) is 53.4 Å². The SMILES string of the molecule is Cc1cccc(S(=O)(=O)N2CCC[C@H]2c2nnc(C(=O)Nc3cccc(F)c3)s2)c1. The third-order valence-corrected chi connectivity index (χ3v) is 7.73. The van der Waals surface area contributed by atoms with Crippen molar-refractivity contribution in [3.63, 3.8) is 0 Å². The minimum absolute atomic E-state index is 0.0917. The quantitative estimate of drug-likeness (QED) is 0.644. The second kappa shape index (κ2) is 8.21. The van der Waals surface area contributed by atoms with Gasteiger partial charge in [-0.2, -0.15) is 4.31 Å². The number of nitrogens with zero attached hydrogens (tertiary/aromatic N) is 3. The van der Waals surface area contributed by atoms with E-state index in [2.05, 4.69) is 15.5 Å². The van der Waals surface area contributed by atoms with E-state index in [9.17, 15) is 17.6 Å². The maximum atomic E-state index is 13.3. The molecule has 10 heteroatoms. The molecule has 0 spiro atoms. The zero-order chi connectivity index (χ0) is 21.3. The van der Waals surface area contributed by atoms with Gasteiger partial charge in [-0.3, -0.25) is 4.79 Å². The first kappa shape index (κ1) is 20.6. The molecule has 1 aromatic heterocycles. The number of amides is 1. The van der Waals surface area contributed by atoms with Crippen molar-refractivity contribution < 1.29 is 17.6 Å². The van der Waals surface area contributed by atoms with Crippen molar-refractivity contribution in [3.05, 3.63) is 69.9 Å². The van der Waals surface area contributed by atoms with Crippen molar-refractivity contribution in [1.29, 1.82) is 0 Å². The van der Waals surface area contributed by atoms with Gasteiger partial charge >= 0.3 is 0 Å². The summed E-state index contributed by atoms with van der Waals surface area (Å²) in [5.74, 6) is -0.982. The van der Waals surface area contributed by atoms with Crippen LogP contribution >= 0.6 is 11.3 Å². The summed E-state index contributed by atoms with van der Waals surface area (Å²) in [4.78, 5) is 12.7. The van der Waals surface area contributed by atoms with E-state index in [0.717, 1.165) is 16.9 Å². The monoisotopic (exact) mass is 446 g/mol. The highest BCUT2D eigenvalue weighted by atomic mass is 32.2. The largest absolute Gasteiger partial charge is 0.320 e. The highest BCUT2D eigenvalue weighted by Gasteiger charge is 2.38.